The number of alkyl halides is 4. The molecule has 0 heterocycles. The van der Waals surface area contributed by atoms with Crippen LogP contribution >= 0.6 is 11.6 Å². The van der Waals surface area contributed by atoms with Gasteiger partial charge < -0.3 is 10.6 Å². The number of benzene rings is 1. The van der Waals surface area contributed by atoms with Gasteiger partial charge in [-0.05, 0) is 31.2 Å². The van der Waals surface area contributed by atoms with E-state index < -0.39 is 23.4 Å². The molecule has 118 valence electrons. The summed E-state index contributed by atoms with van der Waals surface area (Å²) in [6.07, 6.45) is 0. The predicted molar refractivity (Wildman–Crippen MR) is 73.3 cm³/mol. The largest absolute Gasteiger partial charge is 0.321 e. The van der Waals surface area contributed by atoms with E-state index in [1.807, 2.05) is 0 Å². The molecule has 1 aromatic carbocycles. The minimum Gasteiger partial charge on any atom is -0.321 e. The smallest absolute Gasteiger partial charge is 0.320 e. The van der Waals surface area contributed by atoms with Gasteiger partial charge in [-0.2, -0.15) is 0 Å². The first-order valence-electron chi connectivity index (χ1n) is 5.97. The fourth-order valence-electron chi connectivity index (χ4n) is 1.53. The van der Waals surface area contributed by atoms with Crippen molar-refractivity contribution in [2.45, 2.75) is 38.2 Å². The summed E-state index contributed by atoms with van der Waals surface area (Å²) in [5.41, 5.74) is -2.80. The van der Waals surface area contributed by atoms with E-state index in [9.17, 15) is 22.4 Å². The van der Waals surface area contributed by atoms with Crippen molar-refractivity contribution in [1.82, 2.24) is 5.32 Å². The van der Waals surface area contributed by atoms with Gasteiger partial charge in [0.2, 0.25) is 0 Å². The van der Waals surface area contributed by atoms with E-state index in [1.54, 1.807) is 5.32 Å². The fraction of sp³-hybridized carbons (Fsp3) is 0.462. The molecule has 0 aromatic heterocycles. The van der Waals surface area contributed by atoms with Gasteiger partial charge in [-0.25, -0.2) is 22.4 Å². The van der Waals surface area contributed by atoms with Crippen molar-refractivity contribution in [2.24, 2.45) is 0 Å². The zero-order chi connectivity index (χ0) is 16.5. The number of anilines is 1. The molecule has 2 N–H and O–H groups in total. The van der Waals surface area contributed by atoms with Gasteiger partial charge in [-0.15, -0.1) is 0 Å². The molecule has 1 rings (SSSR count). The summed E-state index contributed by atoms with van der Waals surface area (Å²) in [6.45, 7) is 1.24. The number of urea groups is 1. The van der Waals surface area contributed by atoms with E-state index in [4.69, 9.17) is 11.6 Å². The molecular formula is C13H15ClF4N2O. The van der Waals surface area contributed by atoms with Crippen molar-refractivity contribution < 1.29 is 22.4 Å². The second-order valence-corrected chi connectivity index (χ2v) is 5.42. The number of hydrogen-bond acceptors (Lipinski definition) is 1. The molecule has 0 bridgehead atoms. The Morgan fingerprint density at radius 1 is 1.00 bits per heavy atom. The highest BCUT2D eigenvalue weighted by molar-refractivity contribution is 6.30. The first-order chi connectivity index (χ1) is 9.37. The summed E-state index contributed by atoms with van der Waals surface area (Å²) in [4.78, 5) is 11.7. The molecule has 3 nitrogen and oxygen atoms in total. The highest BCUT2D eigenvalue weighted by Gasteiger charge is 2.61. The van der Waals surface area contributed by atoms with E-state index in [-0.39, 0.29) is 5.69 Å². The van der Waals surface area contributed by atoms with Gasteiger partial charge in [0.05, 0.1) is 0 Å². The normalized spacial score (nSPS) is 13.0. The molecule has 0 unspecified atom stereocenters. The molecular weight excluding hydrogens is 312 g/mol. The lowest BCUT2D eigenvalue weighted by atomic mass is 9.88. The Morgan fingerprint density at radius 2 is 1.43 bits per heavy atom. The van der Waals surface area contributed by atoms with Crippen LogP contribution in [0, 0.1) is 0 Å². The van der Waals surface area contributed by atoms with Gasteiger partial charge in [0.1, 0.15) is 0 Å². The molecule has 0 radical (unpaired) electrons. The number of hydrogen-bond donors (Lipinski definition) is 2. The van der Waals surface area contributed by atoms with Crippen LogP contribution in [0.2, 0.25) is 5.02 Å². The summed E-state index contributed by atoms with van der Waals surface area (Å²) >= 11 is 5.65. The van der Waals surface area contributed by atoms with Gasteiger partial charge in [0, 0.05) is 24.6 Å². The van der Waals surface area contributed by atoms with Gasteiger partial charge >= 0.3 is 6.03 Å². The lowest BCUT2D eigenvalue weighted by Gasteiger charge is -2.40. The van der Waals surface area contributed by atoms with E-state index >= 15 is 0 Å². The molecule has 0 saturated heterocycles. The van der Waals surface area contributed by atoms with E-state index in [0.717, 1.165) is 0 Å². The zero-order valence-electron chi connectivity index (χ0n) is 11.6. The first-order valence-corrected chi connectivity index (χ1v) is 6.35. The Hall–Kier alpha value is -1.50. The van der Waals surface area contributed by atoms with Crippen molar-refractivity contribution in [3.63, 3.8) is 0 Å². The maximum absolute atomic E-state index is 13.5. The molecule has 0 aliphatic rings. The maximum atomic E-state index is 13.5. The third-order valence-electron chi connectivity index (χ3n) is 3.22. The SMILES string of the molecule is CC(F)(F)C(C)(NC(=O)Nc1ccc(Cl)cc1)C(C)(F)F. The summed E-state index contributed by atoms with van der Waals surface area (Å²) in [7, 11) is 0. The molecule has 0 aliphatic heterocycles. The van der Waals surface area contributed by atoms with E-state index in [2.05, 4.69) is 5.32 Å². The highest BCUT2D eigenvalue weighted by Crippen LogP contribution is 2.40. The van der Waals surface area contributed by atoms with Crippen LogP contribution in [0.5, 0.6) is 0 Å². The standard InChI is InChI=1S/C13H15ClF4N2O/c1-11(12(2,15)16,13(3,17)18)20-10(21)19-9-6-4-8(14)5-7-9/h4-7H,1-3H3,(H2,19,20,21). The monoisotopic (exact) mass is 326 g/mol. The number of carbonyl (C=O) groups excluding carboxylic acids is 1. The van der Waals surface area contributed by atoms with Crippen LogP contribution in [0.3, 0.4) is 0 Å². The Balaban J connectivity index is 2.90. The zero-order valence-corrected chi connectivity index (χ0v) is 12.4. The van der Waals surface area contributed by atoms with Crippen LogP contribution in [-0.4, -0.2) is 23.4 Å². The molecule has 0 saturated carbocycles. The van der Waals surface area contributed by atoms with Gasteiger partial charge in [0.25, 0.3) is 11.8 Å². The molecule has 0 fully saturated rings. The molecule has 8 heteroatoms. The summed E-state index contributed by atoms with van der Waals surface area (Å²) < 4.78 is 53.9. The molecule has 0 atom stereocenters. The summed E-state index contributed by atoms with van der Waals surface area (Å²) in [5.74, 6) is -7.66. The number of amides is 2. The Morgan fingerprint density at radius 3 is 1.81 bits per heavy atom. The second-order valence-electron chi connectivity index (χ2n) is 4.99. The summed E-state index contributed by atoms with van der Waals surface area (Å²) in [6, 6.07) is 4.57. The van der Waals surface area contributed by atoms with Crippen molar-refractivity contribution in [1.29, 1.82) is 0 Å². The number of nitrogens with one attached hydrogen (secondary N) is 2. The molecule has 0 spiro atoms. The lowest BCUT2D eigenvalue weighted by Crippen LogP contribution is -2.67. The van der Waals surface area contributed by atoms with Crippen LogP contribution in [0.4, 0.5) is 28.0 Å². The molecule has 21 heavy (non-hydrogen) atoms. The van der Waals surface area contributed by atoms with Gasteiger partial charge in [-0.1, -0.05) is 11.6 Å². The Labute approximate surface area is 124 Å². The van der Waals surface area contributed by atoms with Crippen molar-refractivity contribution >= 4 is 23.3 Å². The van der Waals surface area contributed by atoms with Gasteiger partial charge in [-0.3, -0.25) is 0 Å². The van der Waals surface area contributed by atoms with E-state index in [1.165, 1.54) is 24.3 Å². The first kappa shape index (κ1) is 17.6. The minimum atomic E-state index is -3.83. The Bertz CT molecular complexity index is 494. The third-order valence-corrected chi connectivity index (χ3v) is 3.47. The van der Waals surface area contributed by atoms with Crippen molar-refractivity contribution in [3.05, 3.63) is 29.3 Å². The average Bonchev–Trinajstić information content (AvgIpc) is 2.29. The maximum Gasteiger partial charge on any atom is 0.320 e. The lowest BCUT2D eigenvalue weighted by molar-refractivity contribution is -0.173. The van der Waals surface area contributed by atoms with Crippen LogP contribution in [0.15, 0.2) is 24.3 Å². The quantitative estimate of drug-likeness (QED) is 0.784. The summed E-state index contributed by atoms with van der Waals surface area (Å²) in [5, 5.41) is 4.26. The number of rotatable bonds is 4. The fourth-order valence-corrected chi connectivity index (χ4v) is 1.65. The van der Waals surface area contributed by atoms with E-state index in [0.29, 0.717) is 25.8 Å². The van der Waals surface area contributed by atoms with Crippen LogP contribution < -0.4 is 10.6 Å². The topological polar surface area (TPSA) is 41.1 Å². The Kier molecular flexibility index (Phi) is 4.77. The van der Waals surface area contributed by atoms with Crippen molar-refractivity contribution in [2.75, 3.05) is 5.32 Å². The third kappa shape index (κ3) is 4.00. The van der Waals surface area contributed by atoms with Crippen LogP contribution in [0.1, 0.15) is 20.8 Å². The van der Waals surface area contributed by atoms with Crippen LogP contribution in [-0.2, 0) is 0 Å². The number of halogens is 5. The van der Waals surface area contributed by atoms with Crippen LogP contribution in [0.25, 0.3) is 0 Å². The average molecular weight is 327 g/mol. The molecule has 0 aliphatic carbocycles. The van der Waals surface area contributed by atoms with Gasteiger partial charge in [0.15, 0.2) is 5.54 Å². The minimum absolute atomic E-state index is 0.234. The second kappa shape index (κ2) is 5.71. The highest BCUT2D eigenvalue weighted by atomic mass is 35.5. The molecule has 2 amide bonds. The molecule has 1 aromatic rings. The number of carbonyl (C=O) groups is 1. The van der Waals surface area contributed by atoms with Crippen molar-refractivity contribution in [3.8, 4) is 0 Å². The predicted octanol–water partition coefficient (Wildman–Crippen LogP) is 4.53.